The van der Waals surface area contributed by atoms with Crippen LogP contribution in [-0.2, 0) is 10.1 Å². The summed E-state index contributed by atoms with van der Waals surface area (Å²) < 4.78 is 31.7. The van der Waals surface area contributed by atoms with E-state index in [2.05, 4.69) is 0 Å². The summed E-state index contributed by atoms with van der Waals surface area (Å²) in [4.78, 5) is 26.4. The van der Waals surface area contributed by atoms with Crippen molar-refractivity contribution in [3.05, 3.63) is 155 Å². The number of hydrogen-bond donors (Lipinski definition) is 1. The highest BCUT2D eigenvalue weighted by Crippen LogP contribution is 2.29. The summed E-state index contributed by atoms with van der Waals surface area (Å²) in [5, 5.41) is 0. The van der Waals surface area contributed by atoms with Crippen LogP contribution in [0.15, 0.2) is 121 Å². The number of benzene rings is 5. The van der Waals surface area contributed by atoms with Crippen molar-refractivity contribution in [3.8, 4) is 22.6 Å². The van der Waals surface area contributed by atoms with Gasteiger partial charge >= 0.3 is 0 Å². The van der Waals surface area contributed by atoms with Crippen LogP contribution in [0.5, 0.6) is 11.5 Å². The van der Waals surface area contributed by atoms with Crippen LogP contribution >= 0.6 is 0 Å². The molecule has 5 aromatic carbocycles. The first kappa shape index (κ1) is 30.1. The molecule has 0 saturated carbocycles. The van der Waals surface area contributed by atoms with E-state index in [9.17, 15) is 18.0 Å². The molecule has 0 unspecified atom stereocenters. The van der Waals surface area contributed by atoms with Crippen LogP contribution < -0.4 is 4.74 Å². The molecule has 212 valence electrons. The third-order valence-corrected chi connectivity index (χ3v) is 6.29. The number of ether oxygens (including phenoxy) is 1. The molecule has 0 heterocycles. The fourth-order valence-corrected chi connectivity index (χ4v) is 4.22. The summed E-state index contributed by atoms with van der Waals surface area (Å²) in [7, 11) is -3.67. The van der Waals surface area contributed by atoms with Gasteiger partial charge in [0.2, 0.25) is 0 Å². The zero-order valence-electron chi connectivity index (χ0n) is 23.4. The molecule has 6 nitrogen and oxygen atoms in total. The molecule has 5 aromatic rings. The van der Waals surface area contributed by atoms with Gasteiger partial charge in [-0.3, -0.25) is 14.1 Å². The lowest BCUT2D eigenvalue weighted by atomic mass is 9.91. The molecule has 0 radical (unpaired) electrons. The molecule has 0 spiro atoms. The van der Waals surface area contributed by atoms with Crippen molar-refractivity contribution in [3.63, 3.8) is 0 Å². The maximum Gasteiger partial charge on any atom is 0.261 e. The average molecular weight is 579 g/mol. The Bertz CT molecular complexity index is 1780. The monoisotopic (exact) mass is 578 g/mol. The molecule has 0 atom stereocenters. The van der Waals surface area contributed by atoms with Gasteiger partial charge in [-0.15, -0.1) is 0 Å². The first-order valence-electron chi connectivity index (χ1n) is 13.1. The highest BCUT2D eigenvalue weighted by atomic mass is 32.2. The number of aryl methyl sites for hydroxylation is 2. The predicted molar refractivity (Wildman–Crippen MR) is 165 cm³/mol. The van der Waals surface area contributed by atoms with Gasteiger partial charge in [-0.1, -0.05) is 90.0 Å². The molecule has 0 aliphatic carbocycles. The number of carbonyl (C=O) groups excluding carboxylic acids is 2. The predicted octanol–water partition coefficient (Wildman–Crippen LogP) is 7.73. The second-order valence-electron chi connectivity index (χ2n) is 9.82. The van der Waals surface area contributed by atoms with Gasteiger partial charge in [0.05, 0.1) is 6.26 Å². The van der Waals surface area contributed by atoms with Crippen molar-refractivity contribution in [2.75, 3.05) is 6.26 Å². The summed E-state index contributed by atoms with van der Waals surface area (Å²) in [6, 6.07) is 37.6. The van der Waals surface area contributed by atoms with E-state index in [-0.39, 0.29) is 11.6 Å². The van der Waals surface area contributed by atoms with Gasteiger partial charge in [0.1, 0.15) is 11.5 Å². The first-order chi connectivity index (χ1) is 20.0. The van der Waals surface area contributed by atoms with Crippen molar-refractivity contribution in [1.82, 2.24) is 0 Å². The summed E-state index contributed by atoms with van der Waals surface area (Å²) in [5.74, 6) is 1.32. The minimum absolute atomic E-state index is 0.0235. The highest BCUT2D eigenvalue weighted by molar-refractivity contribution is 7.85. The topological polar surface area (TPSA) is 97.7 Å². The SMILES string of the molecule is CS(=O)(=O)O.Cc1ccc(C(=O)c2ccc(-c3ccc(C)cc3C(=O)c3ccc(Oc4ccccc4)cc3)cc2)cc1. The Morgan fingerprint density at radius 1 is 0.595 bits per heavy atom. The molecule has 7 heteroatoms. The van der Waals surface area contributed by atoms with E-state index in [1.165, 1.54) is 0 Å². The van der Waals surface area contributed by atoms with E-state index in [1.807, 2.05) is 111 Å². The second kappa shape index (κ2) is 13.2. The van der Waals surface area contributed by atoms with Gasteiger partial charge in [0, 0.05) is 22.3 Å². The fraction of sp³-hybridized carbons (Fsp3) is 0.0857. The van der Waals surface area contributed by atoms with Gasteiger partial charge in [-0.05, 0) is 67.4 Å². The molecule has 5 rings (SSSR count). The highest BCUT2D eigenvalue weighted by Gasteiger charge is 2.17. The quantitative estimate of drug-likeness (QED) is 0.157. The van der Waals surface area contributed by atoms with Gasteiger partial charge in [0.15, 0.2) is 11.6 Å². The zero-order valence-corrected chi connectivity index (χ0v) is 24.3. The van der Waals surface area contributed by atoms with Crippen LogP contribution in [0.2, 0.25) is 0 Å². The minimum Gasteiger partial charge on any atom is -0.457 e. The molecule has 0 bridgehead atoms. The van der Waals surface area contributed by atoms with Gasteiger partial charge in [-0.25, -0.2) is 0 Å². The molecular formula is C35H30O6S. The van der Waals surface area contributed by atoms with E-state index in [0.29, 0.717) is 34.3 Å². The van der Waals surface area contributed by atoms with Crippen molar-refractivity contribution >= 4 is 21.7 Å². The van der Waals surface area contributed by atoms with Gasteiger partial charge < -0.3 is 4.74 Å². The third kappa shape index (κ3) is 8.33. The molecular weight excluding hydrogens is 548 g/mol. The van der Waals surface area contributed by atoms with Crippen LogP contribution in [-0.4, -0.2) is 30.8 Å². The van der Waals surface area contributed by atoms with E-state index in [1.54, 1.807) is 24.3 Å². The maximum atomic E-state index is 13.6. The molecule has 0 saturated heterocycles. The smallest absolute Gasteiger partial charge is 0.261 e. The lowest BCUT2D eigenvalue weighted by Crippen LogP contribution is -2.05. The Morgan fingerprint density at radius 2 is 1.05 bits per heavy atom. The molecule has 0 fully saturated rings. The van der Waals surface area contributed by atoms with Crippen LogP contribution in [0.4, 0.5) is 0 Å². The molecule has 42 heavy (non-hydrogen) atoms. The number of ketones is 2. The van der Waals surface area contributed by atoms with E-state index >= 15 is 0 Å². The maximum absolute atomic E-state index is 13.6. The van der Waals surface area contributed by atoms with Crippen LogP contribution in [0.3, 0.4) is 0 Å². The molecule has 0 amide bonds. The number of hydrogen-bond acceptors (Lipinski definition) is 5. The van der Waals surface area contributed by atoms with E-state index in [4.69, 9.17) is 9.29 Å². The van der Waals surface area contributed by atoms with Gasteiger partial charge in [0.25, 0.3) is 10.1 Å². The van der Waals surface area contributed by atoms with Crippen LogP contribution in [0.1, 0.15) is 43.0 Å². The second-order valence-corrected chi connectivity index (χ2v) is 11.3. The van der Waals surface area contributed by atoms with Crippen molar-refractivity contribution in [2.24, 2.45) is 0 Å². The molecule has 1 N–H and O–H groups in total. The molecule has 0 aliphatic rings. The van der Waals surface area contributed by atoms with Crippen molar-refractivity contribution in [1.29, 1.82) is 0 Å². The lowest BCUT2D eigenvalue weighted by Gasteiger charge is -2.12. The Morgan fingerprint density at radius 3 is 1.62 bits per heavy atom. The van der Waals surface area contributed by atoms with Crippen LogP contribution in [0.25, 0.3) is 11.1 Å². The van der Waals surface area contributed by atoms with E-state index in [0.717, 1.165) is 28.0 Å². The zero-order chi connectivity index (χ0) is 30.3. The normalized spacial score (nSPS) is 10.8. The fourth-order valence-electron chi connectivity index (χ4n) is 4.22. The third-order valence-electron chi connectivity index (χ3n) is 6.29. The van der Waals surface area contributed by atoms with Crippen molar-refractivity contribution in [2.45, 2.75) is 13.8 Å². The summed E-state index contributed by atoms with van der Waals surface area (Å²) >= 11 is 0. The first-order valence-corrected chi connectivity index (χ1v) is 15.0. The van der Waals surface area contributed by atoms with Crippen LogP contribution in [0, 0.1) is 13.8 Å². The Labute approximate surface area is 246 Å². The molecule has 0 aromatic heterocycles. The lowest BCUT2D eigenvalue weighted by molar-refractivity contribution is 0.103. The summed E-state index contributed by atoms with van der Waals surface area (Å²) in [6.07, 6.45) is 0.715. The Kier molecular flexibility index (Phi) is 9.47. The Hall–Kier alpha value is -4.85. The number of rotatable bonds is 7. The van der Waals surface area contributed by atoms with E-state index < -0.39 is 10.1 Å². The summed E-state index contributed by atoms with van der Waals surface area (Å²) in [5.41, 5.74) is 6.30. The van der Waals surface area contributed by atoms with Gasteiger partial charge in [-0.2, -0.15) is 8.42 Å². The minimum atomic E-state index is -3.67. The standard InChI is InChI=1S/C34H26O3.CH4O3S/c1-23-8-11-26(12-9-23)33(35)27-15-13-25(14-16-27)31-21-10-24(2)22-32(31)34(36)28-17-19-30(20-18-28)37-29-6-4-3-5-7-29;1-5(2,3)4/h3-22H,1-2H3;1H3,(H,2,3,4). The summed E-state index contributed by atoms with van der Waals surface area (Å²) in [6.45, 7) is 3.97. The number of carbonyl (C=O) groups is 2. The van der Waals surface area contributed by atoms with Crippen molar-refractivity contribution < 1.29 is 27.3 Å². The molecule has 0 aliphatic heterocycles. The Balaban J connectivity index is 0.000000748. The largest absolute Gasteiger partial charge is 0.457 e. The number of para-hydroxylation sites is 1. The average Bonchev–Trinajstić information content (AvgIpc) is 2.97.